The number of hydrogen-bond acceptors (Lipinski definition) is 3. The van der Waals surface area contributed by atoms with Crippen LogP contribution in [0.1, 0.15) is 20.3 Å². The summed E-state index contributed by atoms with van der Waals surface area (Å²) in [5, 5.41) is 8.91. The monoisotopic (exact) mass is 228 g/mol. The van der Waals surface area contributed by atoms with E-state index in [1.54, 1.807) is 16.8 Å². The SMILES string of the molecule is CC(C)N(CCO)C(=O)C1CC(=O)N(C)C1. The molecule has 1 rings (SSSR count). The predicted octanol–water partition coefficient (Wildman–Crippen LogP) is -0.306. The van der Waals surface area contributed by atoms with E-state index in [1.165, 1.54) is 0 Å². The maximum atomic E-state index is 12.1. The van der Waals surface area contributed by atoms with Crippen molar-refractivity contribution in [3.8, 4) is 0 Å². The van der Waals surface area contributed by atoms with Crippen molar-refractivity contribution in [1.29, 1.82) is 0 Å². The van der Waals surface area contributed by atoms with E-state index in [4.69, 9.17) is 5.11 Å². The van der Waals surface area contributed by atoms with Crippen molar-refractivity contribution >= 4 is 11.8 Å². The molecule has 2 amide bonds. The van der Waals surface area contributed by atoms with Gasteiger partial charge in [0.1, 0.15) is 0 Å². The van der Waals surface area contributed by atoms with E-state index in [0.29, 0.717) is 19.5 Å². The number of aliphatic hydroxyl groups is 1. The number of likely N-dealkylation sites (tertiary alicyclic amines) is 1. The van der Waals surface area contributed by atoms with Crippen LogP contribution in [0.2, 0.25) is 0 Å². The molecule has 0 bridgehead atoms. The Kier molecular flexibility index (Phi) is 4.29. The molecule has 0 aromatic rings. The minimum Gasteiger partial charge on any atom is -0.395 e. The normalized spacial score (nSPS) is 20.7. The first-order valence-corrected chi connectivity index (χ1v) is 5.62. The van der Waals surface area contributed by atoms with Gasteiger partial charge in [0, 0.05) is 32.6 Å². The lowest BCUT2D eigenvalue weighted by molar-refractivity contribution is -0.138. The van der Waals surface area contributed by atoms with Gasteiger partial charge in [0.25, 0.3) is 0 Å². The predicted molar refractivity (Wildman–Crippen MR) is 59.7 cm³/mol. The van der Waals surface area contributed by atoms with E-state index in [0.717, 1.165) is 0 Å². The highest BCUT2D eigenvalue weighted by molar-refractivity contribution is 5.89. The molecule has 1 aliphatic heterocycles. The first-order chi connectivity index (χ1) is 7.47. The average molecular weight is 228 g/mol. The van der Waals surface area contributed by atoms with Gasteiger partial charge in [0.05, 0.1) is 12.5 Å². The van der Waals surface area contributed by atoms with Gasteiger partial charge in [-0.25, -0.2) is 0 Å². The van der Waals surface area contributed by atoms with Crippen LogP contribution in [0.4, 0.5) is 0 Å². The molecular formula is C11H20N2O3. The van der Waals surface area contributed by atoms with E-state index in [2.05, 4.69) is 0 Å². The minimum absolute atomic E-state index is 0.0195. The summed E-state index contributed by atoms with van der Waals surface area (Å²) in [6.07, 6.45) is 0.296. The summed E-state index contributed by atoms with van der Waals surface area (Å²) < 4.78 is 0. The van der Waals surface area contributed by atoms with E-state index in [9.17, 15) is 9.59 Å². The molecule has 1 saturated heterocycles. The first-order valence-electron chi connectivity index (χ1n) is 5.62. The summed E-state index contributed by atoms with van der Waals surface area (Å²) in [4.78, 5) is 26.7. The van der Waals surface area contributed by atoms with Crippen molar-refractivity contribution in [3.63, 3.8) is 0 Å². The van der Waals surface area contributed by atoms with Crippen LogP contribution in [0.25, 0.3) is 0 Å². The fourth-order valence-corrected chi connectivity index (χ4v) is 1.99. The van der Waals surface area contributed by atoms with E-state index in [-0.39, 0.29) is 30.4 Å². The number of hydrogen-bond donors (Lipinski definition) is 1. The molecule has 1 heterocycles. The molecule has 1 fully saturated rings. The van der Waals surface area contributed by atoms with Crippen molar-refractivity contribution < 1.29 is 14.7 Å². The molecule has 16 heavy (non-hydrogen) atoms. The topological polar surface area (TPSA) is 60.9 Å². The Morgan fingerprint density at radius 1 is 1.62 bits per heavy atom. The Morgan fingerprint density at radius 2 is 2.25 bits per heavy atom. The highest BCUT2D eigenvalue weighted by atomic mass is 16.3. The van der Waals surface area contributed by atoms with Crippen LogP contribution < -0.4 is 0 Å². The average Bonchev–Trinajstić information content (AvgIpc) is 2.54. The Morgan fingerprint density at radius 3 is 2.62 bits per heavy atom. The summed E-state index contributed by atoms with van der Waals surface area (Å²) in [5.41, 5.74) is 0. The number of rotatable bonds is 4. The summed E-state index contributed by atoms with van der Waals surface area (Å²) in [5.74, 6) is -0.251. The first kappa shape index (κ1) is 13.0. The Balaban J connectivity index is 2.65. The van der Waals surface area contributed by atoms with Crippen LogP contribution >= 0.6 is 0 Å². The van der Waals surface area contributed by atoms with Crippen molar-refractivity contribution in [2.45, 2.75) is 26.3 Å². The smallest absolute Gasteiger partial charge is 0.228 e. The number of amides is 2. The molecule has 0 aromatic carbocycles. The zero-order valence-electron chi connectivity index (χ0n) is 10.1. The third-order valence-electron chi connectivity index (χ3n) is 2.94. The van der Waals surface area contributed by atoms with E-state index >= 15 is 0 Å². The van der Waals surface area contributed by atoms with Gasteiger partial charge in [0.15, 0.2) is 0 Å². The standard InChI is InChI=1S/C11H20N2O3/c1-8(2)13(4-5-14)11(16)9-6-10(15)12(3)7-9/h8-9,14H,4-7H2,1-3H3. The molecule has 1 unspecified atom stereocenters. The fourth-order valence-electron chi connectivity index (χ4n) is 1.99. The van der Waals surface area contributed by atoms with E-state index < -0.39 is 0 Å². The second-order valence-electron chi connectivity index (χ2n) is 4.52. The number of carbonyl (C=O) groups is 2. The van der Waals surface area contributed by atoms with Gasteiger partial charge in [-0.05, 0) is 13.8 Å². The Hall–Kier alpha value is -1.10. The van der Waals surface area contributed by atoms with Crippen LogP contribution in [0.3, 0.4) is 0 Å². The number of nitrogens with zero attached hydrogens (tertiary/aromatic N) is 2. The molecule has 1 N–H and O–H groups in total. The maximum Gasteiger partial charge on any atom is 0.228 e. The molecule has 1 aliphatic rings. The molecule has 0 spiro atoms. The van der Waals surface area contributed by atoms with Crippen LogP contribution in [-0.4, -0.2) is 59.5 Å². The molecular weight excluding hydrogens is 208 g/mol. The lowest BCUT2D eigenvalue weighted by Crippen LogP contribution is -2.43. The zero-order chi connectivity index (χ0) is 12.3. The molecule has 5 heteroatoms. The minimum atomic E-state index is -0.244. The maximum absolute atomic E-state index is 12.1. The summed E-state index contributed by atoms with van der Waals surface area (Å²) in [7, 11) is 1.71. The number of carbonyl (C=O) groups excluding carboxylic acids is 2. The molecule has 5 nitrogen and oxygen atoms in total. The summed E-state index contributed by atoms with van der Waals surface area (Å²) in [6, 6.07) is 0.0562. The number of aliphatic hydroxyl groups excluding tert-OH is 1. The highest BCUT2D eigenvalue weighted by Gasteiger charge is 2.35. The molecule has 0 aliphatic carbocycles. The summed E-state index contributed by atoms with van der Waals surface area (Å²) in [6.45, 7) is 4.61. The van der Waals surface area contributed by atoms with Gasteiger partial charge in [-0.3, -0.25) is 9.59 Å². The lowest BCUT2D eigenvalue weighted by Gasteiger charge is -2.28. The van der Waals surface area contributed by atoms with Gasteiger partial charge in [0.2, 0.25) is 11.8 Å². The van der Waals surface area contributed by atoms with Gasteiger partial charge in [-0.2, -0.15) is 0 Å². The van der Waals surface area contributed by atoms with Crippen LogP contribution in [-0.2, 0) is 9.59 Å². The highest BCUT2D eigenvalue weighted by Crippen LogP contribution is 2.19. The molecule has 0 saturated carbocycles. The van der Waals surface area contributed by atoms with Crippen molar-refractivity contribution in [3.05, 3.63) is 0 Å². The van der Waals surface area contributed by atoms with Gasteiger partial charge < -0.3 is 14.9 Å². The Labute approximate surface area is 96.0 Å². The summed E-state index contributed by atoms with van der Waals surface area (Å²) >= 11 is 0. The van der Waals surface area contributed by atoms with Gasteiger partial charge in [-0.15, -0.1) is 0 Å². The largest absolute Gasteiger partial charge is 0.395 e. The van der Waals surface area contributed by atoms with Gasteiger partial charge in [-0.1, -0.05) is 0 Å². The fraction of sp³-hybridized carbons (Fsp3) is 0.818. The van der Waals surface area contributed by atoms with Crippen LogP contribution in [0, 0.1) is 5.92 Å². The molecule has 92 valence electrons. The van der Waals surface area contributed by atoms with Crippen LogP contribution in [0.5, 0.6) is 0 Å². The van der Waals surface area contributed by atoms with E-state index in [1.807, 2.05) is 13.8 Å². The van der Waals surface area contributed by atoms with Crippen LogP contribution in [0.15, 0.2) is 0 Å². The second-order valence-corrected chi connectivity index (χ2v) is 4.52. The van der Waals surface area contributed by atoms with Crippen molar-refractivity contribution in [2.24, 2.45) is 5.92 Å². The molecule has 0 radical (unpaired) electrons. The van der Waals surface area contributed by atoms with Gasteiger partial charge >= 0.3 is 0 Å². The molecule has 1 atom stereocenters. The second kappa shape index (κ2) is 5.30. The lowest BCUT2D eigenvalue weighted by atomic mass is 10.1. The molecule has 0 aromatic heterocycles. The van der Waals surface area contributed by atoms with Crippen molar-refractivity contribution in [1.82, 2.24) is 9.80 Å². The Bertz CT molecular complexity index is 278. The third kappa shape index (κ3) is 2.72. The third-order valence-corrected chi connectivity index (χ3v) is 2.94. The quantitative estimate of drug-likeness (QED) is 0.718. The van der Waals surface area contributed by atoms with Crippen molar-refractivity contribution in [2.75, 3.05) is 26.7 Å². The zero-order valence-corrected chi connectivity index (χ0v) is 10.1.